The Kier molecular flexibility index (Phi) is 3.40. The van der Waals surface area contributed by atoms with E-state index in [1.54, 1.807) is 27.7 Å². The summed E-state index contributed by atoms with van der Waals surface area (Å²) in [6.45, 7) is 6.97. The van der Waals surface area contributed by atoms with Crippen LogP contribution < -0.4 is 5.32 Å². The Labute approximate surface area is 116 Å². The van der Waals surface area contributed by atoms with Gasteiger partial charge in [-0.2, -0.15) is 0 Å². The number of rotatable bonds is 4. The second-order valence-corrected chi connectivity index (χ2v) is 6.61. The highest BCUT2D eigenvalue weighted by molar-refractivity contribution is 7.15. The number of aromatic nitrogens is 2. The number of fused-ring (bicyclic) bond motifs is 1. The van der Waals surface area contributed by atoms with Crippen molar-refractivity contribution in [2.24, 2.45) is 0 Å². The molecule has 2 aromatic rings. The summed E-state index contributed by atoms with van der Waals surface area (Å²) >= 11 is 1.53. The van der Waals surface area contributed by atoms with E-state index in [0.29, 0.717) is 0 Å². The number of amides is 1. The summed E-state index contributed by atoms with van der Waals surface area (Å²) in [7, 11) is 0. The van der Waals surface area contributed by atoms with Crippen LogP contribution in [0.2, 0.25) is 0 Å². The zero-order valence-corrected chi connectivity index (χ0v) is 12.4. The molecule has 0 aliphatic carbocycles. The maximum atomic E-state index is 12.0. The molecular formula is C13H19N3O2S. The van der Waals surface area contributed by atoms with Gasteiger partial charge in [0.2, 0.25) is 5.91 Å². The van der Waals surface area contributed by atoms with Crippen molar-refractivity contribution in [3.8, 4) is 0 Å². The number of aliphatic hydroxyl groups is 1. The largest absolute Gasteiger partial charge is 0.388 e. The molecule has 1 amide bonds. The number of imidazole rings is 1. The number of thiazole rings is 1. The second kappa shape index (κ2) is 4.61. The highest BCUT2D eigenvalue weighted by Gasteiger charge is 2.36. The first-order valence-corrected chi connectivity index (χ1v) is 7.01. The molecule has 0 aliphatic heterocycles. The molecule has 0 atom stereocenters. The first kappa shape index (κ1) is 14.0. The molecule has 2 heterocycles. The summed E-state index contributed by atoms with van der Waals surface area (Å²) in [5.41, 5.74) is -0.950. The topological polar surface area (TPSA) is 66.6 Å². The highest BCUT2D eigenvalue weighted by atomic mass is 32.1. The minimum Gasteiger partial charge on any atom is -0.388 e. The molecule has 104 valence electrons. The second-order valence-electron chi connectivity index (χ2n) is 5.73. The van der Waals surface area contributed by atoms with Gasteiger partial charge in [0.05, 0.1) is 23.3 Å². The number of nitrogens with zero attached hydrogens (tertiary/aromatic N) is 2. The van der Waals surface area contributed by atoms with E-state index in [1.165, 1.54) is 11.3 Å². The molecule has 0 aromatic carbocycles. The third-order valence-electron chi connectivity index (χ3n) is 3.47. The van der Waals surface area contributed by atoms with Gasteiger partial charge in [0, 0.05) is 17.8 Å². The number of nitrogens with one attached hydrogen (secondary N) is 1. The maximum absolute atomic E-state index is 12.0. The van der Waals surface area contributed by atoms with Gasteiger partial charge in [-0.1, -0.05) is 0 Å². The van der Waals surface area contributed by atoms with Crippen molar-refractivity contribution in [1.82, 2.24) is 14.7 Å². The Morgan fingerprint density at radius 1 is 1.47 bits per heavy atom. The zero-order valence-electron chi connectivity index (χ0n) is 11.6. The minimum absolute atomic E-state index is 0.141. The lowest BCUT2D eigenvalue weighted by atomic mass is 9.86. The van der Waals surface area contributed by atoms with Gasteiger partial charge in [0.1, 0.15) is 0 Å². The third kappa shape index (κ3) is 2.96. The van der Waals surface area contributed by atoms with Crippen molar-refractivity contribution < 1.29 is 9.90 Å². The van der Waals surface area contributed by atoms with E-state index in [4.69, 9.17) is 0 Å². The zero-order chi connectivity index (χ0) is 14.3. The van der Waals surface area contributed by atoms with Gasteiger partial charge in [-0.3, -0.25) is 9.20 Å². The summed E-state index contributed by atoms with van der Waals surface area (Å²) in [5.74, 6) is -0.141. The number of hydrogen-bond acceptors (Lipinski definition) is 4. The molecule has 6 heteroatoms. The van der Waals surface area contributed by atoms with Crippen LogP contribution in [0.4, 0.5) is 0 Å². The molecule has 19 heavy (non-hydrogen) atoms. The molecule has 2 N–H and O–H groups in total. The number of hydrogen-bond donors (Lipinski definition) is 2. The molecule has 0 saturated carbocycles. The predicted molar refractivity (Wildman–Crippen MR) is 75.3 cm³/mol. The lowest BCUT2D eigenvalue weighted by molar-refractivity contribution is -0.125. The van der Waals surface area contributed by atoms with Crippen LogP contribution in [-0.2, 0) is 11.2 Å². The normalized spacial score (nSPS) is 12.9. The molecule has 2 aromatic heterocycles. The predicted octanol–water partition coefficient (Wildman–Crippen LogP) is 1.60. The molecule has 0 spiro atoms. The third-order valence-corrected chi connectivity index (χ3v) is 4.24. The Balaban J connectivity index is 2.04. The Morgan fingerprint density at radius 3 is 2.74 bits per heavy atom. The van der Waals surface area contributed by atoms with Crippen molar-refractivity contribution in [3.05, 3.63) is 23.5 Å². The van der Waals surface area contributed by atoms with Crippen molar-refractivity contribution in [2.45, 2.75) is 45.3 Å². The lowest BCUT2D eigenvalue weighted by Crippen LogP contribution is -2.58. The standard InChI is InChI=1S/C13H19N3O2S/c1-12(2,13(3,4)18)15-10(17)7-9-8-16-5-6-19-11(16)14-9/h5-6,8,18H,7H2,1-4H3,(H,15,17). The van der Waals surface area contributed by atoms with Crippen LogP contribution in [0, 0.1) is 0 Å². The van der Waals surface area contributed by atoms with E-state index in [0.717, 1.165) is 10.7 Å². The van der Waals surface area contributed by atoms with Gasteiger partial charge in [0.25, 0.3) is 0 Å². The van der Waals surface area contributed by atoms with Gasteiger partial charge in [-0.05, 0) is 27.7 Å². The average molecular weight is 281 g/mol. The first-order chi connectivity index (χ1) is 8.69. The fourth-order valence-electron chi connectivity index (χ4n) is 1.57. The minimum atomic E-state index is -0.989. The van der Waals surface area contributed by atoms with Crippen LogP contribution in [0.5, 0.6) is 0 Å². The van der Waals surface area contributed by atoms with Gasteiger partial charge in [-0.15, -0.1) is 11.3 Å². The lowest BCUT2D eigenvalue weighted by Gasteiger charge is -2.37. The summed E-state index contributed by atoms with van der Waals surface area (Å²) in [4.78, 5) is 17.2. The quantitative estimate of drug-likeness (QED) is 0.894. The monoisotopic (exact) mass is 281 g/mol. The fraction of sp³-hybridized carbons (Fsp3) is 0.538. The molecule has 5 nitrogen and oxygen atoms in total. The SMILES string of the molecule is CC(C)(O)C(C)(C)NC(=O)Cc1cn2ccsc2n1. The van der Waals surface area contributed by atoms with Crippen LogP contribution in [-0.4, -0.2) is 31.5 Å². The summed E-state index contributed by atoms with van der Waals surface area (Å²) in [6, 6.07) is 0. The van der Waals surface area contributed by atoms with Crippen LogP contribution in [0.3, 0.4) is 0 Å². The molecular weight excluding hydrogens is 262 g/mol. The van der Waals surface area contributed by atoms with E-state index in [2.05, 4.69) is 10.3 Å². The summed E-state index contributed by atoms with van der Waals surface area (Å²) in [6.07, 6.45) is 3.98. The first-order valence-electron chi connectivity index (χ1n) is 6.13. The van der Waals surface area contributed by atoms with Crippen molar-refractivity contribution in [1.29, 1.82) is 0 Å². The van der Waals surface area contributed by atoms with Gasteiger partial charge >= 0.3 is 0 Å². The maximum Gasteiger partial charge on any atom is 0.226 e. The Bertz CT molecular complexity index is 564. The van der Waals surface area contributed by atoms with E-state index in [-0.39, 0.29) is 12.3 Å². The molecule has 0 radical (unpaired) electrons. The van der Waals surface area contributed by atoms with Gasteiger partial charge in [-0.25, -0.2) is 4.98 Å². The van der Waals surface area contributed by atoms with E-state index in [1.807, 2.05) is 22.2 Å². The van der Waals surface area contributed by atoms with Crippen molar-refractivity contribution in [3.63, 3.8) is 0 Å². The fourth-order valence-corrected chi connectivity index (χ4v) is 2.29. The molecule has 0 unspecified atom stereocenters. The summed E-state index contributed by atoms with van der Waals surface area (Å²) in [5, 5.41) is 14.8. The van der Waals surface area contributed by atoms with Crippen molar-refractivity contribution in [2.75, 3.05) is 0 Å². The van der Waals surface area contributed by atoms with Gasteiger partial charge < -0.3 is 10.4 Å². The molecule has 0 bridgehead atoms. The van der Waals surface area contributed by atoms with E-state index in [9.17, 15) is 9.90 Å². The Hall–Kier alpha value is -1.40. The van der Waals surface area contributed by atoms with Crippen LogP contribution >= 0.6 is 11.3 Å². The number of carbonyl (C=O) groups is 1. The molecule has 0 fully saturated rings. The van der Waals surface area contributed by atoms with Crippen LogP contribution in [0.1, 0.15) is 33.4 Å². The van der Waals surface area contributed by atoms with E-state index >= 15 is 0 Å². The van der Waals surface area contributed by atoms with Crippen LogP contribution in [0.25, 0.3) is 4.96 Å². The van der Waals surface area contributed by atoms with Crippen LogP contribution in [0.15, 0.2) is 17.8 Å². The van der Waals surface area contributed by atoms with Gasteiger partial charge in [0.15, 0.2) is 4.96 Å². The summed E-state index contributed by atoms with van der Waals surface area (Å²) < 4.78 is 1.90. The molecule has 0 aliphatic rings. The average Bonchev–Trinajstić information content (AvgIpc) is 2.74. The Morgan fingerprint density at radius 2 is 2.16 bits per heavy atom. The van der Waals surface area contributed by atoms with E-state index < -0.39 is 11.1 Å². The van der Waals surface area contributed by atoms with Crippen molar-refractivity contribution >= 4 is 22.2 Å². The number of carbonyl (C=O) groups excluding carboxylic acids is 1. The highest BCUT2D eigenvalue weighted by Crippen LogP contribution is 2.20. The molecule has 0 saturated heterocycles. The molecule has 2 rings (SSSR count). The smallest absolute Gasteiger partial charge is 0.226 e.